The molecule has 1 heterocycles. The summed E-state index contributed by atoms with van der Waals surface area (Å²) in [5, 5.41) is 0. The maximum Gasteiger partial charge on any atom is 0.257 e. The van der Waals surface area contributed by atoms with Crippen molar-refractivity contribution in [2.45, 2.75) is 26.3 Å². The van der Waals surface area contributed by atoms with Gasteiger partial charge in [0.1, 0.15) is 5.75 Å². The van der Waals surface area contributed by atoms with E-state index in [0.717, 1.165) is 13.1 Å². The van der Waals surface area contributed by atoms with Crippen molar-refractivity contribution in [1.29, 1.82) is 0 Å². The Morgan fingerprint density at radius 2 is 1.71 bits per heavy atom. The van der Waals surface area contributed by atoms with Crippen LogP contribution in [0.1, 0.15) is 36.7 Å². The fraction of sp³-hybridized carbons (Fsp3) is 0.435. The molecule has 0 atom stereocenters. The average Bonchev–Trinajstić information content (AvgIpc) is 2.79. The Hall–Kier alpha value is -2.58. The summed E-state index contributed by atoms with van der Waals surface area (Å²) < 4.78 is 31.5. The predicted octanol–water partition coefficient (Wildman–Crippen LogP) is 3.15. The normalized spacial score (nSPS) is 15.5. The topological polar surface area (TPSA) is 79.0 Å². The van der Waals surface area contributed by atoms with Crippen molar-refractivity contribution in [2.75, 3.05) is 43.8 Å². The van der Waals surface area contributed by atoms with Crippen LogP contribution >= 0.6 is 0 Å². The van der Waals surface area contributed by atoms with Gasteiger partial charge in [0.25, 0.3) is 5.91 Å². The highest BCUT2D eigenvalue weighted by Gasteiger charge is 2.33. The molecule has 0 unspecified atom stereocenters. The van der Waals surface area contributed by atoms with Gasteiger partial charge in [0, 0.05) is 37.8 Å². The van der Waals surface area contributed by atoms with E-state index in [1.165, 1.54) is 12.7 Å². The molecule has 31 heavy (non-hydrogen) atoms. The second-order valence-corrected chi connectivity index (χ2v) is 10.1. The summed E-state index contributed by atoms with van der Waals surface area (Å²) in [5.74, 6) is 0.215. The molecule has 0 spiro atoms. The molecule has 168 valence electrons. The van der Waals surface area contributed by atoms with Crippen LogP contribution < -0.4 is 9.46 Å². The molecular formula is C23H31N3O4S. The van der Waals surface area contributed by atoms with E-state index in [1.807, 2.05) is 23.1 Å². The third-order valence-corrected chi connectivity index (χ3v) is 7.23. The fourth-order valence-electron chi connectivity index (χ4n) is 3.85. The first kappa shape index (κ1) is 23.1. The molecule has 2 aromatic rings. The van der Waals surface area contributed by atoms with E-state index in [9.17, 15) is 13.2 Å². The van der Waals surface area contributed by atoms with E-state index >= 15 is 0 Å². The molecule has 3 rings (SSSR count). The number of nitrogens with one attached hydrogen (secondary N) is 1. The first-order valence-electron chi connectivity index (χ1n) is 10.5. The molecule has 8 heteroatoms. The molecule has 1 fully saturated rings. The molecule has 0 aliphatic carbocycles. The number of methoxy groups -OCH3 is 1. The van der Waals surface area contributed by atoms with Gasteiger partial charge in [-0.3, -0.25) is 14.4 Å². The molecule has 7 nitrogen and oxygen atoms in total. The smallest absolute Gasteiger partial charge is 0.257 e. The lowest BCUT2D eigenvalue weighted by Crippen LogP contribution is -2.54. The van der Waals surface area contributed by atoms with Crippen molar-refractivity contribution >= 4 is 21.6 Å². The average molecular weight is 446 g/mol. The Kier molecular flexibility index (Phi) is 6.91. The van der Waals surface area contributed by atoms with Gasteiger partial charge in [0.15, 0.2) is 0 Å². The van der Waals surface area contributed by atoms with Crippen LogP contribution in [0.15, 0.2) is 48.5 Å². The molecule has 0 radical (unpaired) electrons. The van der Waals surface area contributed by atoms with E-state index in [2.05, 4.69) is 35.6 Å². The number of hydrogen-bond donors (Lipinski definition) is 1. The number of ether oxygens (including phenoxy) is 1. The number of hydrogen-bond acceptors (Lipinski definition) is 5. The van der Waals surface area contributed by atoms with Gasteiger partial charge in [-0.25, -0.2) is 8.42 Å². The van der Waals surface area contributed by atoms with Gasteiger partial charge in [0.05, 0.1) is 24.1 Å². The van der Waals surface area contributed by atoms with Crippen LogP contribution in [0.5, 0.6) is 5.75 Å². The van der Waals surface area contributed by atoms with Crippen molar-refractivity contribution < 1.29 is 17.9 Å². The van der Waals surface area contributed by atoms with Gasteiger partial charge in [-0.1, -0.05) is 30.3 Å². The standard InChI is InChI=1S/C23H31N3O4S/c1-5-31(28,29)24-19-11-12-20(21(17-19)30-4)22(27)25-13-15-26(16-14-25)23(2,3)18-9-7-6-8-10-18/h6-12,17,24H,5,13-16H2,1-4H3. The van der Waals surface area contributed by atoms with E-state index in [1.54, 1.807) is 25.1 Å². The summed E-state index contributed by atoms with van der Waals surface area (Å²) in [6.07, 6.45) is 0. The van der Waals surface area contributed by atoms with Crippen LogP contribution in [0.2, 0.25) is 0 Å². The number of carbonyl (C=O) groups excluding carboxylic acids is 1. The van der Waals surface area contributed by atoms with Gasteiger partial charge in [0.2, 0.25) is 10.0 Å². The zero-order valence-corrected chi connectivity index (χ0v) is 19.4. The maximum absolute atomic E-state index is 13.1. The Morgan fingerprint density at radius 1 is 1.06 bits per heavy atom. The molecule has 1 aliphatic heterocycles. The van der Waals surface area contributed by atoms with Crippen molar-refractivity contribution in [3.63, 3.8) is 0 Å². The predicted molar refractivity (Wildman–Crippen MR) is 123 cm³/mol. The van der Waals surface area contributed by atoms with E-state index in [-0.39, 0.29) is 17.2 Å². The molecule has 1 saturated heterocycles. The number of rotatable bonds is 7. The summed E-state index contributed by atoms with van der Waals surface area (Å²) in [6, 6.07) is 15.2. The molecule has 1 N–H and O–H groups in total. The van der Waals surface area contributed by atoms with Crippen molar-refractivity contribution in [3.05, 3.63) is 59.7 Å². The van der Waals surface area contributed by atoms with Crippen LogP contribution in [0.4, 0.5) is 5.69 Å². The second kappa shape index (κ2) is 9.28. The lowest BCUT2D eigenvalue weighted by atomic mass is 9.91. The van der Waals surface area contributed by atoms with Gasteiger partial charge in [-0.2, -0.15) is 0 Å². The zero-order chi connectivity index (χ0) is 22.6. The molecule has 1 amide bonds. The number of benzene rings is 2. The molecule has 0 aromatic heterocycles. The maximum atomic E-state index is 13.1. The van der Waals surface area contributed by atoms with Crippen LogP contribution in [0.3, 0.4) is 0 Å². The monoisotopic (exact) mass is 445 g/mol. The number of piperazine rings is 1. The summed E-state index contributed by atoms with van der Waals surface area (Å²) in [6.45, 7) is 8.74. The lowest BCUT2D eigenvalue weighted by molar-refractivity contribution is 0.0390. The first-order valence-corrected chi connectivity index (χ1v) is 12.1. The third-order valence-electron chi connectivity index (χ3n) is 5.92. The van der Waals surface area contributed by atoms with E-state index in [4.69, 9.17) is 4.74 Å². The highest BCUT2D eigenvalue weighted by Crippen LogP contribution is 2.30. The van der Waals surface area contributed by atoms with Crippen LogP contribution in [-0.4, -0.2) is 63.2 Å². The lowest BCUT2D eigenvalue weighted by Gasteiger charge is -2.44. The zero-order valence-electron chi connectivity index (χ0n) is 18.6. The Labute approximate surface area is 185 Å². The van der Waals surface area contributed by atoms with Gasteiger partial charge >= 0.3 is 0 Å². The van der Waals surface area contributed by atoms with E-state index in [0.29, 0.717) is 30.1 Å². The van der Waals surface area contributed by atoms with Crippen LogP contribution in [0.25, 0.3) is 0 Å². The van der Waals surface area contributed by atoms with E-state index < -0.39 is 10.0 Å². The highest BCUT2D eigenvalue weighted by molar-refractivity contribution is 7.92. The summed E-state index contributed by atoms with van der Waals surface area (Å²) in [5.41, 5.74) is 1.94. The molecule has 2 aromatic carbocycles. The Balaban J connectivity index is 1.70. The quantitative estimate of drug-likeness (QED) is 0.708. The summed E-state index contributed by atoms with van der Waals surface area (Å²) in [4.78, 5) is 17.4. The number of sulfonamides is 1. The number of anilines is 1. The first-order chi connectivity index (χ1) is 14.7. The number of carbonyl (C=O) groups is 1. The fourth-order valence-corrected chi connectivity index (χ4v) is 4.48. The largest absolute Gasteiger partial charge is 0.496 e. The van der Waals surface area contributed by atoms with Crippen molar-refractivity contribution in [1.82, 2.24) is 9.80 Å². The second-order valence-electron chi connectivity index (χ2n) is 8.12. The summed E-state index contributed by atoms with van der Waals surface area (Å²) in [7, 11) is -1.92. The minimum absolute atomic E-state index is 0.0282. The third kappa shape index (κ3) is 5.19. The molecular weight excluding hydrogens is 414 g/mol. The van der Waals surface area contributed by atoms with Crippen LogP contribution in [-0.2, 0) is 15.6 Å². The minimum Gasteiger partial charge on any atom is -0.496 e. The molecule has 0 bridgehead atoms. The Morgan fingerprint density at radius 3 is 2.29 bits per heavy atom. The van der Waals surface area contributed by atoms with Crippen LogP contribution in [0, 0.1) is 0 Å². The van der Waals surface area contributed by atoms with Gasteiger partial charge in [-0.05, 0) is 38.5 Å². The molecule has 1 aliphatic rings. The molecule has 0 saturated carbocycles. The number of amides is 1. The summed E-state index contributed by atoms with van der Waals surface area (Å²) >= 11 is 0. The minimum atomic E-state index is -3.40. The Bertz CT molecular complexity index is 1010. The number of nitrogens with zero attached hydrogens (tertiary/aromatic N) is 2. The van der Waals surface area contributed by atoms with Gasteiger partial charge in [-0.15, -0.1) is 0 Å². The highest BCUT2D eigenvalue weighted by atomic mass is 32.2. The SMILES string of the molecule is CCS(=O)(=O)Nc1ccc(C(=O)N2CCN(C(C)(C)c3ccccc3)CC2)c(OC)c1. The van der Waals surface area contributed by atoms with Crippen molar-refractivity contribution in [2.24, 2.45) is 0 Å². The van der Waals surface area contributed by atoms with Crippen molar-refractivity contribution in [3.8, 4) is 5.75 Å². The van der Waals surface area contributed by atoms with Gasteiger partial charge < -0.3 is 9.64 Å².